The molecule has 0 aliphatic carbocycles. The number of rotatable bonds is 6. The Morgan fingerprint density at radius 2 is 2.06 bits per heavy atom. The molecule has 92 valence electrons. The van der Waals surface area contributed by atoms with E-state index in [0.717, 1.165) is 26.2 Å². The second kappa shape index (κ2) is 5.99. The van der Waals surface area contributed by atoms with Crippen molar-refractivity contribution in [2.24, 2.45) is 5.41 Å². The third-order valence-electron chi connectivity index (χ3n) is 3.30. The van der Waals surface area contributed by atoms with E-state index >= 15 is 0 Å². The average Bonchev–Trinajstić information content (AvgIpc) is 2.33. The zero-order valence-electron chi connectivity index (χ0n) is 10.4. The van der Waals surface area contributed by atoms with Crippen molar-refractivity contribution in [1.82, 2.24) is 0 Å². The second-order valence-electron chi connectivity index (χ2n) is 4.67. The monoisotopic (exact) mass is 232 g/mol. The Kier molecular flexibility index (Phi) is 4.35. The fourth-order valence-electron chi connectivity index (χ4n) is 1.87. The van der Waals surface area contributed by atoms with Gasteiger partial charge >= 0.3 is 0 Å². The minimum absolute atomic E-state index is 0.292. The highest BCUT2D eigenvalue weighted by molar-refractivity contribution is 5.48. The van der Waals surface area contributed by atoms with Crippen molar-refractivity contribution < 1.29 is 9.47 Å². The number of hydrogen-bond donors (Lipinski definition) is 0. The predicted molar refractivity (Wildman–Crippen MR) is 69.8 cm³/mol. The molecule has 1 aliphatic heterocycles. The van der Waals surface area contributed by atoms with E-state index in [1.165, 1.54) is 5.56 Å². The fourth-order valence-corrected chi connectivity index (χ4v) is 1.87. The molecule has 0 unspecified atom stereocenters. The highest BCUT2D eigenvalue weighted by Crippen LogP contribution is 2.31. The largest absolute Gasteiger partial charge is 0.380 e. The topological polar surface area (TPSA) is 18.5 Å². The SMILES string of the molecule is CCC1(COCC=Cc2ccccc2)COC1. The van der Waals surface area contributed by atoms with Gasteiger partial charge in [0.05, 0.1) is 26.4 Å². The van der Waals surface area contributed by atoms with Crippen LogP contribution in [0.3, 0.4) is 0 Å². The van der Waals surface area contributed by atoms with Crippen molar-refractivity contribution >= 4 is 6.08 Å². The van der Waals surface area contributed by atoms with Gasteiger partial charge in [-0.25, -0.2) is 0 Å². The molecule has 0 saturated carbocycles. The number of benzene rings is 1. The molecule has 1 fully saturated rings. The van der Waals surface area contributed by atoms with E-state index in [4.69, 9.17) is 9.47 Å². The maximum Gasteiger partial charge on any atom is 0.0651 e. The third kappa shape index (κ3) is 3.42. The molecule has 2 nitrogen and oxygen atoms in total. The van der Waals surface area contributed by atoms with E-state index in [0.29, 0.717) is 12.0 Å². The summed E-state index contributed by atoms with van der Waals surface area (Å²) < 4.78 is 10.9. The summed E-state index contributed by atoms with van der Waals surface area (Å²) in [6.07, 6.45) is 5.30. The van der Waals surface area contributed by atoms with Crippen molar-refractivity contribution in [3.63, 3.8) is 0 Å². The second-order valence-corrected chi connectivity index (χ2v) is 4.67. The van der Waals surface area contributed by atoms with Gasteiger partial charge in [0.15, 0.2) is 0 Å². The van der Waals surface area contributed by atoms with Crippen LogP contribution in [0.2, 0.25) is 0 Å². The Bertz CT molecular complexity index is 347. The summed E-state index contributed by atoms with van der Waals surface area (Å²) in [5.74, 6) is 0. The lowest BCUT2D eigenvalue weighted by atomic mass is 9.84. The third-order valence-corrected chi connectivity index (χ3v) is 3.30. The molecule has 0 spiro atoms. The van der Waals surface area contributed by atoms with Crippen LogP contribution in [0.15, 0.2) is 36.4 Å². The Morgan fingerprint density at radius 3 is 2.65 bits per heavy atom. The summed E-state index contributed by atoms with van der Waals surface area (Å²) >= 11 is 0. The van der Waals surface area contributed by atoms with E-state index in [1.807, 2.05) is 18.2 Å². The first-order chi connectivity index (χ1) is 8.35. The maximum absolute atomic E-state index is 5.69. The van der Waals surface area contributed by atoms with Gasteiger partial charge in [0.2, 0.25) is 0 Å². The van der Waals surface area contributed by atoms with Gasteiger partial charge in [-0.3, -0.25) is 0 Å². The molecular weight excluding hydrogens is 212 g/mol. The van der Waals surface area contributed by atoms with E-state index in [9.17, 15) is 0 Å². The Labute approximate surface area is 103 Å². The van der Waals surface area contributed by atoms with Crippen molar-refractivity contribution in [1.29, 1.82) is 0 Å². The highest BCUT2D eigenvalue weighted by atomic mass is 16.5. The molecule has 1 aromatic rings. The molecule has 0 atom stereocenters. The zero-order valence-corrected chi connectivity index (χ0v) is 10.4. The summed E-state index contributed by atoms with van der Waals surface area (Å²) in [5.41, 5.74) is 1.51. The van der Waals surface area contributed by atoms with Crippen LogP contribution in [0.4, 0.5) is 0 Å². The molecule has 1 aliphatic rings. The van der Waals surface area contributed by atoms with Gasteiger partial charge in [-0.1, -0.05) is 49.4 Å². The minimum Gasteiger partial charge on any atom is -0.380 e. The normalized spacial score (nSPS) is 18.2. The van der Waals surface area contributed by atoms with Crippen LogP contribution in [0.5, 0.6) is 0 Å². The predicted octanol–water partition coefficient (Wildman–Crippen LogP) is 3.14. The summed E-state index contributed by atoms with van der Waals surface area (Å²) in [4.78, 5) is 0. The van der Waals surface area contributed by atoms with Crippen molar-refractivity contribution in [3.05, 3.63) is 42.0 Å². The molecular formula is C15H20O2. The van der Waals surface area contributed by atoms with Gasteiger partial charge in [0.25, 0.3) is 0 Å². The van der Waals surface area contributed by atoms with Crippen LogP contribution in [0, 0.1) is 5.41 Å². The molecule has 2 rings (SSSR count). The van der Waals surface area contributed by atoms with Crippen molar-refractivity contribution in [3.8, 4) is 0 Å². The molecule has 2 heteroatoms. The summed E-state index contributed by atoms with van der Waals surface area (Å²) in [5, 5.41) is 0. The first-order valence-corrected chi connectivity index (χ1v) is 6.22. The molecule has 0 aromatic heterocycles. The summed E-state index contributed by atoms with van der Waals surface area (Å²) in [6.45, 7) is 5.39. The quantitative estimate of drug-likeness (QED) is 0.701. The lowest BCUT2D eigenvalue weighted by molar-refractivity contribution is -0.147. The molecule has 1 saturated heterocycles. The van der Waals surface area contributed by atoms with E-state index in [1.54, 1.807) is 0 Å². The highest BCUT2D eigenvalue weighted by Gasteiger charge is 2.36. The van der Waals surface area contributed by atoms with E-state index < -0.39 is 0 Å². The number of hydrogen-bond acceptors (Lipinski definition) is 2. The average molecular weight is 232 g/mol. The van der Waals surface area contributed by atoms with Gasteiger partial charge in [-0.05, 0) is 12.0 Å². The van der Waals surface area contributed by atoms with Crippen molar-refractivity contribution in [2.45, 2.75) is 13.3 Å². The van der Waals surface area contributed by atoms with Gasteiger partial charge in [-0.2, -0.15) is 0 Å². The Hall–Kier alpha value is -1.12. The molecule has 0 bridgehead atoms. The molecule has 0 radical (unpaired) electrons. The van der Waals surface area contributed by atoms with Crippen molar-refractivity contribution in [2.75, 3.05) is 26.4 Å². The van der Waals surface area contributed by atoms with Crippen LogP contribution in [-0.4, -0.2) is 26.4 Å². The van der Waals surface area contributed by atoms with Gasteiger partial charge in [-0.15, -0.1) is 0 Å². The van der Waals surface area contributed by atoms with Gasteiger partial charge < -0.3 is 9.47 Å². The van der Waals surface area contributed by atoms with Crippen LogP contribution < -0.4 is 0 Å². The van der Waals surface area contributed by atoms with Gasteiger partial charge in [0.1, 0.15) is 0 Å². The lowest BCUT2D eigenvalue weighted by Crippen LogP contribution is -2.45. The Balaban J connectivity index is 1.68. The first kappa shape index (κ1) is 12.3. The number of ether oxygens (including phenoxy) is 2. The minimum atomic E-state index is 0.292. The van der Waals surface area contributed by atoms with Crippen LogP contribution in [0.1, 0.15) is 18.9 Å². The molecule has 0 N–H and O–H groups in total. The molecule has 1 aromatic carbocycles. The van der Waals surface area contributed by atoms with Crippen LogP contribution in [0.25, 0.3) is 6.08 Å². The zero-order chi connectivity index (χ0) is 12.0. The molecule has 17 heavy (non-hydrogen) atoms. The first-order valence-electron chi connectivity index (χ1n) is 6.22. The van der Waals surface area contributed by atoms with E-state index in [-0.39, 0.29) is 0 Å². The van der Waals surface area contributed by atoms with Gasteiger partial charge in [0, 0.05) is 5.41 Å². The standard InChI is InChI=1S/C15H20O2/c1-2-15(12-17-13-15)11-16-10-6-9-14-7-4-3-5-8-14/h3-9H,2,10-13H2,1H3. The lowest BCUT2D eigenvalue weighted by Gasteiger charge is -2.40. The molecule has 1 heterocycles. The Morgan fingerprint density at radius 1 is 1.29 bits per heavy atom. The van der Waals surface area contributed by atoms with Crippen LogP contribution in [-0.2, 0) is 9.47 Å². The van der Waals surface area contributed by atoms with E-state index in [2.05, 4.69) is 31.2 Å². The fraction of sp³-hybridized carbons (Fsp3) is 0.467. The summed E-state index contributed by atoms with van der Waals surface area (Å²) in [6, 6.07) is 10.3. The summed E-state index contributed by atoms with van der Waals surface area (Å²) in [7, 11) is 0. The maximum atomic E-state index is 5.69. The molecule has 0 amide bonds. The van der Waals surface area contributed by atoms with Crippen LogP contribution >= 0.6 is 0 Å². The smallest absolute Gasteiger partial charge is 0.0651 e.